The maximum absolute atomic E-state index is 5.57. The molecule has 1 aliphatic rings. The molecule has 0 radical (unpaired) electrons. The molecule has 1 fully saturated rings. The zero-order chi connectivity index (χ0) is 17.1. The summed E-state index contributed by atoms with van der Waals surface area (Å²) in [5, 5.41) is 7.14. The van der Waals surface area contributed by atoms with Gasteiger partial charge < -0.3 is 9.84 Å². The summed E-state index contributed by atoms with van der Waals surface area (Å²) < 4.78 is 5.57. The van der Waals surface area contributed by atoms with Crippen LogP contribution in [0.1, 0.15) is 30.3 Å². The molecule has 4 heterocycles. The Balaban J connectivity index is 1.52. The second kappa shape index (κ2) is 6.98. The van der Waals surface area contributed by atoms with Crippen LogP contribution in [0.3, 0.4) is 0 Å². The molecule has 7 heteroatoms. The van der Waals surface area contributed by atoms with Gasteiger partial charge >= 0.3 is 0 Å². The molecule has 0 unspecified atom stereocenters. The van der Waals surface area contributed by atoms with Crippen molar-refractivity contribution in [3.63, 3.8) is 0 Å². The minimum Gasteiger partial charge on any atom is -0.373 e. The van der Waals surface area contributed by atoms with E-state index in [0.29, 0.717) is 11.7 Å². The van der Waals surface area contributed by atoms with Gasteiger partial charge in [-0.25, -0.2) is 4.98 Å². The fraction of sp³-hybridized carbons (Fsp3) is 0.333. The molecule has 0 spiro atoms. The number of hydrogen-bond donors (Lipinski definition) is 1. The van der Waals surface area contributed by atoms with Gasteiger partial charge in [0, 0.05) is 37.7 Å². The van der Waals surface area contributed by atoms with E-state index in [2.05, 4.69) is 30.3 Å². The molecule has 0 aromatic carbocycles. The van der Waals surface area contributed by atoms with Crippen LogP contribution in [0.4, 0.5) is 5.82 Å². The Morgan fingerprint density at radius 1 is 1.24 bits per heavy atom. The van der Waals surface area contributed by atoms with Crippen LogP contribution in [0, 0.1) is 0 Å². The van der Waals surface area contributed by atoms with E-state index in [-0.39, 0.29) is 6.04 Å². The summed E-state index contributed by atoms with van der Waals surface area (Å²) in [6.07, 6.45) is 7.57. The first kappa shape index (κ1) is 15.7. The van der Waals surface area contributed by atoms with E-state index in [1.165, 1.54) is 5.56 Å². The van der Waals surface area contributed by atoms with Crippen molar-refractivity contribution in [2.45, 2.75) is 25.4 Å². The highest BCUT2D eigenvalue weighted by molar-refractivity contribution is 5.55. The fourth-order valence-corrected chi connectivity index (χ4v) is 3.18. The molecule has 0 bridgehead atoms. The smallest absolute Gasteiger partial charge is 0.244 e. The Morgan fingerprint density at radius 2 is 2.12 bits per heavy atom. The zero-order valence-electron chi connectivity index (χ0n) is 14.1. The largest absolute Gasteiger partial charge is 0.373 e. The average Bonchev–Trinajstić information content (AvgIpc) is 3.32. The van der Waals surface area contributed by atoms with Crippen LogP contribution in [-0.2, 0) is 6.54 Å². The number of rotatable bonds is 5. The normalized spacial score (nSPS) is 17.7. The zero-order valence-corrected chi connectivity index (χ0v) is 14.1. The van der Waals surface area contributed by atoms with Crippen molar-refractivity contribution in [3.8, 4) is 11.4 Å². The lowest BCUT2D eigenvalue weighted by Gasteiger charge is -2.21. The second-order valence-electron chi connectivity index (χ2n) is 6.12. The van der Waals surface area contributed by atoms with E-state index >= 15 is 0 Å². The van der Waals surface area contributed by atoms with E-state index < -0.39 is 0 Å². The first-order valence-electron chi connectivity index (χ1n) is 8.44. The van der Waals surface area contributed by atoms with Crippen molar-refractivity contribution in [1.82, 2.24) is 25.0 Å². The molecular formula is C18H20N6O. The monoisotopic (exact) mass is 336 g/mol. The van der Waals surface area contributed by atoms with Gasteiger partial charge in [-0.3, -0.25) is 9.88 Å². The average molecular weight is 336 g/mol. The quantitative estimate of drug-likeness (QED) is 0.767. The molecule has 3 aromatic heterocycles. The topological polar surface area (TPSA) is 80.0 Å². The number of likely N-dealkylation sites (tertiary alicyclic amines) is 1. The van der Waals surface area contributed by atoms with Gasteiger partial charge in [-0.2, -0.15) is 4.98 Å². The van der Waals surface area contributed by atoms with Crippen LogP contribution in [0.25, 0.3) is 11.4 Å². The van der Waals surface area contributed by atoms with E-state index in [0.717, 1.165) is 37.3 Å². The first-order valence-corrected chi connectivity index (χ1v) is 8.44. The second-order valence-corrected chi connectivity index (χ2v) is 6.12. The lowest BCUT2D eigenvalue weighted by Crippen LogP contribution is -2.23. The van der Waals surface area contributed by atoms with Gasteiger partial charge in [-0.15, -0.1) is 0 Å². The number of pyridine rings is 2. The van der Waals surface area contributed by atoms with Gasteiger partial charge in [0.2, 0.25) is 11.7 Å². The third-order valence-electron chi connectivity index (χ3n) is 4.50. The van der Waals surface area contributed by atoms with Crippen molar-refractivity contribution >= 4 is 5.82 Å². The standard InChI is InChI=1S/C18H20N6O/c1-19-16-5-4-14(11-21-16)17-22-18(25-23-17)15-3-2-10-24(15)12-13-6-8-20-9-7-13/h4-9,11,15H,2-3,10,12H2,1H3,(H,19,21)/t15-/m1/s1. The molecular weight excluding hydrogens is 316 g/mol. The van der Waals surface area contributed by atoms with Crippen LogP contribution in [0.2, 0.25) is 0 Å². The van der Waals surface area contributed by atoms with Crippen LogP contribution in [-0.4, -0.2) is 38.6 Å². The summed E-state index contributed by atoms with van der Waals surface area (Å²) in [5.74, 6) is 2.08. The maximum Gasteiger partial charge on any atom is 0.244 e. The molecule has 0 amide bonds. The van der Waals surface area contributed by atoms with Crippen LogP contribution < -0.4 is 5.32 Å². The predicted molar refractivity (Wildman–Crippen MR) is 93.7 cm³/mol. The number of aromatic nitrogens is 4. The Hall–Kier alpha value is -2.80. The highest BCUT2D eigenvalue weighted by Crippen LogP contribution is 2.33. The minimum atomic E-state index is 0.166. The summed E-state index contributed by atoms with van der Waals surface area (Å²) in [6.45, 7) is 1.90. The molecule has 1 saturated heterocycles. The minimum absolute atomic E-state index is 0.166. The highest BCUT2D eigenvalue weighted by atomic mass is 16.5. The SMILES string of the molecule is CNc1ccc(-c2noc([C@H]3CCCN3Cc3ccncc3)n2)cn1. The summed E-state index contributed by atoms with van der Waals surface area (Å²) >= 11 is 0. The number of anilines is 1. The number of nitrogens with one attached hydrogen (secondary N) is 1. The van der Waals surface area contributed by atoms with Crippen LogP contribution in [0.15, 0.2) is 47.4 Å². The summed E-state index contributed by atoms with van der Waals surface area (Å²) in [6, 6.07) is 8.10. The highest BCUT2D eigenvalue weighted by Gasteiger charge is 2.30. The van der Waals surface area contributed by atoms with Crippen LogP contribution >= 0.6 is 0 Å². The molecule has 1 N–H and O–H groups in total. The van der Waals surface area contributed by atoms with E-state index in [9.17, 15) is 0 Å². The third-order valence-corrected chi connectivity index (χ3v) is 4.50. The van der Waals surface area contributed by atoms with E-state index in [1.54, 1.807) is 6.20 Å². The number of hydrogen-bond acceptors (Lipinski definition) is 7. The molecule has 7 nitrogen and oxygen atoms in total. The lowest BCUT2D eigenvalue weighted by molar-refractivity contribution is 0.201. The molecule has 4 rings (SSSR count). The maximum atomic E-state index is 5.57. The lowest BCUT2D eigenvalue weighted by atomic mass is 10.2. The Kier molecular flexibility index (Phi) is 4.39. The van der Waals surface area contributed by atoms with Crippen molar-refractivity contribution in [1.29, 1.82) is 0 Å². The van der Waals surface area contributed by atoms with Gasteiger partial charge in [0.05, 0.1) is 6.04 Å². The van der Waals surface area contributed by atoms with Crippen molar-refractivity contribution in [3.05, 3.63) is 54.3 Å². The Morgan fingerprint density at radius 3 is 2.88 bits per heavy atom. The summed E-state index contributed by atoms with van der Waals surface area (Å²) in [7, 11) is 1.84. The molecule has 0 aliphatic carbocycles. The van der Waals surface area contributed by atoms with Gasteiger partial charge in [-0.1, -0.05) is 5.16 Å². The number of nitrogens with zero attached hydrogens (tertiary/aromatic N) is 5. The fourth-order valence-electron chi connectivity index (χ4n) is 3.18. The van der Waals surface area contributed by atoms with Crippen molar-refractivity contribution < 1.29 is 4.52 Å². The Bertz CT molecular complexity index is 817. The van der Waals surface area contributed by atoms with E-state index in [4.69, 9.17) is 4.52 Å². The molecule has 1 aliphatic heterocycles. The Labute approximate surface area is 146 Å². The van der Waals surface area contributed by atoms with Crippen molar-refractivity contribution in [2.24, 2.45) is 0 Å². The molecule has 1 atom stereocenters. The third kappa shape index (κ3) is 3.36. The van der Waals surface area contributed by atoms with Gasteiger partial charge in [0.25, 0.3) is 0 Å². The van der Waals surface area contributed by atoms with Crippen LogP contribution in [0.5, 0.6) is 0 Å². The summed E-state index contributed by atoms with van der Waals surface area (Å²) in [4.78, 5) is 15.4. The summed E-state index contributed by atoms with van der Waals surface area (Å²) in [5.41, 5.74) is 2.10. The molecule has 128 valence electrons. The molecule has 0 saturated carbocycles. The van der Waals surface area contributed by atoms with E-state index in [1.807, 2.05) is 43.7 Å². The van der Waals surface area contributed by atoms with Gasteiger partial charge in [0.15, 0.2) is 0 Å². The molecule has 25 heavy (non-hydrogen) atoms. The van der Waals surface area contributed by atoms with Gasteiger partial charge in [0.1, 0.15) is 5.82 Å². The predicted octanol–water partition coefficient (Wildman–Crippen LogP) is 2.91. The molecule has 3 aromatic rings. The van der Waals surface area contributed by atoms with Crippen molar-refractivity contribution in [2.75, 3.05) is 18.9 Å². The van der Waals surface area contributed by atoms with Gasteiger partial charge in [-0.05, 0) is 49.2 Å². The first-order chi connectivity index (χ1) is 12.3.